The summed E-state index contributed by atoms with van der Waals surface area (Å²) in [5.41, 5.74) is 4.18. The van der Waals surface area contributed by atoms with Gasteiger partial charge in [-0.05, 0) is 59.1 Å². The van der Waals surface area contributed by atoms with Crippen molar-refractivity contribution in [2.75, 3.05) is 0 Å². The summed E-state index contributed by atoms with van der Waals surface area (Å²) < 4.78 is 2.03. The van der Waals surface area contributed by atoms with Crippen LogP contribution < -0.4 is 0 Å². The van der Waals surface area contributed by atoms with Gasteiger partial charge in [0, 0.05) is 11.9 Å². The van der Waals surface area contributed by atoms with E-state index in [-0.39, 0.29) is 0 Å². The number of benzene rings is 1. The van der Waals surface area contributed by atoms with Crippen LogP contribution in [0, 0.1) is 6.92 Å². The molecule has 3 aromatic heterocycles. The molecule has 23 heavy (non-hydrogen) atoms. The number of pyridine rings is 1. The molecule has 0 saturated carbocycles. The summed E-state index contributed by atoms with van der Waals surface area (Å²) in [5, 5.41) is 12.8. The number of aromatic nitrogens is 4. The Morgan fingerprint density at radius 3 is 2.61 bits per heavy atom. The third kappa shape index (κ3) is 2.55. The zero-order valence-corrected chi connectivity index (χ0v) is 13.4. The lowest BCUT2D eigenvalue weighted by Crippen LogP contribution is -2.00. The van der Waals surface area contributed by atoms with Crippen molar-refractivity contribution in [1.29, 1.82) is 0 Å². The summed E-state index contributed by atoms with van der Waals surface area (Å²) >= 11 is 1.69. The predicted molar refractivity (Wildman–Crippen MR) is 92.6 cm³/mol. The van der Waals surface area contributed by atoms with Gasteiger partial charge < -0.3 is 0 Å². The zero-order chi connectivity index (χ0) is 15.6. The van der Waals surface area contributed by atoms with Crippen LogP contribution in [0.4, 0.5) is 0 Å². The molecule has 0 aliphatic heterocycles. The first-order valence-electron chi connectivity index (χ1n) is 7.29. The highest BCUT2D eigenvalue weighted by molar-refractivity contribution is 7.08. The average molecular weight is 318 g/mol. The van der Waals surface area contributed by atoms with E-state index in [0.717, 1.165) is 28.6 Å². The van der Waals surface area contributed by atoms with Crippen molar-refractivity contribution in [2.24, 2.45) is 0 Å². The molecule has 112 valence electrons. The van der Waals surface area contributed by atoms with Gasteiger partial charge in [0.1, 0.15) is 11.5 Å². The van der Waals surface area contributed by atoms with Gasteiger partial charge in [-0.2, -0.15) is 11.3 Å². The van der Waals surface area contributed by atoms with E-state index in [1.165, 1.54) is 5.56 Å². The van der Waals surface area contributed by atoms with Gasteiger partial charge in [0.15, 0.2) is 5.82 Å². The summed E-state index contributed by atoms with van der Waals surface area (Å²) in [6, 6.07) is 16.3. The van der Waals surface area contributed by atoms with Gasteiger partial charge in [-0.15, -0.1) is 10.2 Å². The lowest BCUT2D eigenvalue weighted by atomic mass is 10.1. The molecule has 4 nitrogen and oxygen atoms in total. The first-order valence-corrected chi connectivity index (χ1v) is 8.23. The lowest BCUT2D eigenvalue weighted by molar-refractivity contribution is 0.970. The third-order valence-electron chi connectivity index (χ3n) is 3.68. The van der Waals surface area contributed by atoms with E-state index in [9.17, 15) is 0 Å². The van der Waals surface area contributed by atoms with Gasteiger partial charge in [-0.1, -0.05) is 18.2 Å². The molecule has 0 spiro atoms. The molecule has 5 heteroatoms. The third-order valence-corrected chi connectivity index (χ3v) is 4.37. The molecule has 0 bridgehead atoms. The van der Waals surface area contributed by atoms with Crippen LogP contribution in [0.15, 0.2) is 65.5 Å². The molecule has 0 aliphatic rings. The summed E-state index contributed by atoms with van der Waals surface area (Å²) in [4.78, 5) is 4.50. The lowest BCUT2D eigenvalue weighted by Gasteiger charge is -2.08. The van der Waals surface area contributed by atoms with E-state index in [4.69, 9.17) is 0 Å². The van der Waals surface area contributed by atoms with E-state index in [2.05, 4.69) is 38.1 Å². The predicted octanol–water partition coefficient (Wildman–Crippen LogP) is 4.37. The highest BCUT2D eigenvalue weighted by Gasteiger charge is 2.14. The number of para-hydroxylation sites is 1. The Kier molecular flexibility index (Phi) is 3.48. The number of hydrogen-bond donors (Lipinski definition) is 0. The molecule has 0 saturated heterocycles. The molecule has 0 aliphatic carbocycles. The standard InChI is InChI=1S/C18H14N4S/c1-13-20-21-18(22(13)16-5-3-2-4-6-16)17-11-14(7-9-19-17)15-8-10-23-12-15/h2-12H,1H3. The van der Waals surface area contributed by atoms with Crippen molar-refractivity contribution < 1.29 is 0 Å². The first-order chi connectivity index (χ1) is 11.3. The Bertz CT molecular complexity index is 927. The van der Waals surface area contributed by atoms with Crippen LogP contribution in [0.3, 0.4) is 0 Å². The van der Waals surface area contributed by atoms with Crippen molar-refractivity contribution in [2.45, 2.75) is 6.92 Å². The Morgan fingerprint density at radius 1 is 0.957 bits per heavy atom. The van der Waals surface area contributed by atoms with Gasteiger partial charge in [0.2, 0.25) is 0 Å². The SMILES string of the molecule is Cc1nnc(-c2cc(-c3ccsc3)ccn2)n1-c1ccccc1. The minimum atomic E-state index is 0.755. The second-order valence-electron chi connectivity index (χ2n) is 5.18. The summed E-state index contributed by atoms with van der Waals surface area (Å²) in [5.74, 6) is 1.60. The maximum absolute atomic E-state index is 4.50. The van der Waals surface area contributed by atoms with Crippen molar-refractivity contribution >= 4 is 11.3 Å². The van der Waals surface area contributed by atoms with Crippen molar-refractivity contribution in [3.8, 4) is 28.3 Å². The van der Waals surface area contributed by atoms with Crippen molar-refractivity contribution in [3.63, 3.8) is 0 Å². The smallest absolute Gasteiger partial charge is 0.187 e. The molecule has 0 N–H and O–H groups in total. The highest BCUT2D eigenvalue weighted by Crippen LogP contribution is 2.27. The summed E-state index contributed by atoms with van der Waals surface area (Å²) in [7, 11) is 0. The number of hydrogen-bond acceptors (Lipinski definition) is 4. The van der Waals surface area contributed by atoms with E-state index in [1.54, 1.807) is 11.3 Å². The normalized spacial score (nSPS) is 10.8. The second-order valence-corrected chi connectivity index (χ2v) is 5.96. The highest BCUT2D eigenvalue weighted by atomic mass is 32.1. The summed E-state index contributed by atoms with van der Waals surface area (Å²) in [6.07, 6.45) is 1.82. The molecule has 4 aromatic rings. The Balaban J connectivity index is 1.85. The average Bonchev–Trinajstić information content (AvgIpc) is 3.25. The molecule has 1 aromatic carbocycles. The van der Waals surface area contributed by atoms with Gasteiger partial charge in [0.25, 0.3) is 0 Å². The van der Waals surface area contributed by atoms with E-state index in [1.807, 2.05) is 54.1 Å². The van der Waals surface area contributed by atoms with E-state index >= 15 is 0 Å². The molecular formula is C18H14N4S. The maximum Gasteiger partial charge on any atom is 0.187 e. The fourth-order valence-corrected chi connectivity index (χ4v) is 3.24. The number of nitrogens with zero attached hydrogens (tertiary/aromatic N) is 4. The largest absolute Gasteiger partial charge is 0.278 e. The first kappa shape index (κ1) is 13.8. The van der Waals surface area contributed by atoms with Gasteiger partial charge in [0.05, 0.1) is 0 Å². The molecular weight excluding hydrogens is 304 g/mol. The van der Waals surface area contributed by atoms with Crippen molar-refractivity contribution in [1.82, 2.24) is 19.7 Å². The molecule has 4 rings (SSSR count). The van der Waals surface area contributed by atoms with E-state index < -0.39 is 0 Å². The fraction of sp³-hybridized carbons (Fsp3) is 0.0556. The van der Waals surface area contributed by atoms with Crippen LogP contribution in [0.1, 0.15) is 5.82 Å². The molecule has 0 atom stereocenters. The van der Waals surface area contributed by atoms with E-state index in [0.29, 0.717) is 0 Å². The topological polar surface area (TPSA) is 43.6 Å². The number of thiophene rings is 1. The molecule has 0 amide bonds. The van der Waals surface area contributed by atoms with Gasteiger partial charge in [-0.3, -0.25) is 9.55 Å². The number of aryl methyl sites for hydroxylation is 1. The number of rotatable bonds is 3. The van der Waals surface area contributed by atoms with Crippen molar-refractivity contribution in [3.05, 3.63) is 71.3 Å². The van der Waals surface area contributed by atoms with Crippen LogP contribution in [0.25, 0.3) is 28.3 Å². The van der Waals surface area contributed by atoms with Gasteiger partial charge in [-0.25, -0.2) is 0 Å². The molecule has 0 radical (unpaired) electrons. The molecule has 0 unspecified atom stereocenters. The Labute approximate surface area is 138 Å². The van der Waals surface area contributed by atoms with Gasteiger partial charge >= 0.3 is 0 Å². The minimum absolute atomic E-state index is 0.755. The maximum atomic E-state index is 4.50. The molecule has 3 heterocycles. The Morgan fingerprint density at radius 2 is 1.83 bits per heavy atom. The second kappa shape index (κ2) is 5.78. The zero-order valence-electron chi connectivity index (χ0n) is 12.5. The Hall–Kier alpha value is -2.79. The van der Waals surface area contributed by atoms with Crippen LogP contribution in [-0.2, 0) is 0 Å². The van der Waals surface area contributed by atoms with Crippen LogP contribution in [-0.4, -0.2) is 19.7 Å². The quantitative estimate of drug-likeness (QED) is 0.563. The van der Waals surface area contributed by atoms with Crippen LogP contribution >= 0.6 is 11.3 Å². The van der Waals surface area contributed by atoms with Crippen LogP contribution in [0.5, 0.6) is 0 Å². The van der Waals surface area contributed by atoms with Crippen LogP contribution in [0.2, 0.25) is 0 Å². The summed E-state index contributed by atoms with van der Waals surface area (Å²) in [6.45, 7) is 1.95. The minimum Gasteiger partial charge on any atom is -0.278 e. The monoisotopic (exact) mass is 318 g/mol. The molecule has 0 fully saturated rings. The fourth-order valence-electron chi connectivity index (χ4n) is 2.58.